The summed E-state index contributed by atoms with van der Waals surface area (Å²) >= 11 is 0. The van der Waals surface area contributed by atoms with Crippen molar-refractivity contribution in [1.29, 1.82) is 0 Å². The van der Waals surface area contributed by atoms with Gasteiger partial charge >= 0.3 is 5.97 Å². The molecule has 6 nitrogen and oxygen atoms in total. The van der Waals surface area contributed by atoms with Gasteiger partial charge in [-0.05, 0) is 48.9 Å². The van der Waals surface area contributed by atoms with Crippen molar-refractivity contribution in [2.75, 3.05) is 0 Å². The third kappa shape index (κ3) is 4.38. The molecule has 6 heteroatoms. The van der Waals surface area contributed by atoms with Crippen LogP contribution in [0.1, 0.15) is 23.9 Å². The first-order valence-corrected chi connectivity index (χ1v) is 7.78. The normalized spacial score (nSPS) is 11.0. The maximum atomic E-state index is 10.7. The van der Waals surface area contributed by atoms with Crippen LogP contribution in [0.2, 0.25) is 0 Å². The highest BCUT2D eigenvalue weighted by Crippen LogP contribution is 2.16. The second kappa shape index (κ2) is 7.53. The van der Waals surface area contributed by atoms with Gasteiger partial charge in [0.1, 0.15) is 12.4 Å². The van der Waals surface area contributed by atoms with E-state index in [9.17, 15) is 4.79 Å². The first-order chi connectivity index (χ1) is 12.1. The average Bonchev–Trinajstić information content (AvgIpc) is 2.61. The van der Waals surface area contributed by atoms with Gasteiger partial charge in [-0.15, -0.1) is 0 Å². The monoisotopic (exact) mass is 335 g/mol. The molecule has 1 aromatic heterocycles. The Labute approximate surface area is 145 Å². The molecule has 3 aromatic rings. The molecule has 3 rings (SSSR count). The smallest absolute Gasteiger partial charge is 0.331 e. The Morgan fingerprint density at radius 1 is 1.08 bits per heavy atom. The van der Waals surface area contributed by atoms with Crippen molar-refractivity contribution in [1.82, 2.24) is 9.97 Å². The zero-order valence-corrected chi connectivity index (χ0v) is 14.0. The number of aromatic nitrogens is 2. The topological polar surface area (TPSA) is 73.7 Å². The molecule has 1 heterocycles. The molecule has 0 unspecified atom stereocenters. The Morgan fingerprint density at radius 2 is 1.76 bits per heavy atom. The molecule has 0 saturated carbocycles. The molecule has 2 aromatic carbocycles. The van der Waals surface area contributed by atoms with Crippen molar-refractivity contribution >= 4 is 23.2 Å². The van der Waals surface area contributed by atoms with Crippen molar-refractivity contribution in [3.05, 3.63) is 65.5 Å². The lowest BCUT2D eigenvalue weighted by Crippen LogP contribution is -2.03. The highest BCUT2D eigenvalue weighted by atomic mass is 16.7. The van der Waals surface area contributed by atoms with E-state index in [1.54, 1.807) is 0 Å². The summed E-state index contributed by atoms with van der Waals surface area (Å²) in [6, 6.07) is 15.0. The van der Waals surface area contributed by atoms with Gasteiger partial charge in [0.05, 0.1) is 28.6 Å². The first kappa shape index (κ1) is 16.6. The van der Waals surface area contributed by atoms with Crippen LogP contribution in [0.3, 0.4) is 0 Å². The van der Waals surface area contributed by atoms with Gasteiger partial charge in [0.2, 0.25) is 0 Å². The number of ether oxygens (including phenoxy) is 1. The molecule has 0 N–H and O–H groups in total. The molecule has 25 heavy (non-hydrogen) atoms. The number of carbonyl (C=O) groups is 1. The van der Waals surface area contributed by atoms with Crippen LogP contribution in [-0.4, -0.2) is 22.2 Å². The number of rotatable bonds is 5. The lowest BCUT2D eigenvalue weighted by atomic mass is 10.2. The van der Waals surface area contributed by atoms with E-state index < -0.39 is 5.97 Å². The van der Waals surface area contributed by atoms with Crippen LogP contribution in [0.25, 0.3) is 11.0 Å². The fourth-order valence-electron chi connectivity index (χ4n) is 2.22. The highest BCUT2D eigenvalue weighted by Gasteiger charge is 2.06. The maximum Gasteiger partial charge on any atom is 0.331 e. The number of hydrogen-bond donors (Lipinski definition) is 0. The minimum atomic E-state index is -0.455. The summed E-state index contributed by atoms with van der Waals surface area (Å²) in [4.78, 5) is 24.3. The van der Waals surface area contributed by atoms with Gasteiger partial charge in [-0.2, -0.15) is 0 Å². The van der Waals surface area contributed by atoms with E-state index in [-0.39, 0.29) is 0 Å². The minimum absolute atomic E-state index is 0.338. The van der Waals surface area contributed by atoms with E-state index in [4.69, 9.17) is 4.74 Å². The van der Waals surface area contributed by atoms with Crippen LogP contribution in [-0.2, 0) is 16.2 Å². The number of oxime groups is 1. The van der Waals surface area contributed by atoms with Gasteiger partial charge in [-0.25, -0.2) is 14.8 Å². The summed E-state index contributed by atoms with van der Waals surface area (Å²) in [5.41, 5.74) is 4.18. The summed E-state index contributed by atoms with van der Waals surface area (Å²) in [5, 5.41) is 3.57. The quantitative estimate of drug-likeness (QED) is 0.406. The molecular weight excluding hydrogens is 318 g/mol. The van der Waals surface area contributed by atoms with Gasteiger partial charge in [0, 0.05) is 6.92 Å². The molecule has 0 bridgehead atoms. The van der Waals surface area contributed by atoms with Crippen molar-refractivity contribution in [3.8, 4) is 5.75 Å². The standard InChI is InChI=1S/C19H17N3O3/c1-13-19(22-18-6-4-3-5-17(18)21-13)12-24-16-9-7-15(8-10-16)11-20-25-14(2)23/h3-11H,12H2,1-2H3. The average molecular weight is 335 g/mol. The third-order valence-corrected chi connectivity index (χ3v) is 3.48. The molecule has 126 valence electrons. The predicted octanol–water partition coefficient (Wildman–Crippen LogP) is 3.41. The zero-order chi connectivity index (χ0) is 17.6. The summed E-state index contributed by atoms with van der Waals surface area (Å²) < 4.78 is 5.79. The van der Waals surface area contributed by atoms with E-state index in [1.807, 2.05) is 55.5 Å². The van der Waals surface area contributed by atoms with Gasteiger partial charge in [0.25, 0.3) is 0 Å². The SMILES string of the molecule is CC(=O)ON=Cc1ccc(OCc2nc3ccccc3nc2C)cc1. The number of hydrogen-bond acceptors (Lipinski definition) is 6. The van der Waals surface area contributed by atoms with E-state index in [0.717, 1.165) is 28.0 Å². The van der Waals surface area contributed by atoms with Gasteiger partial charge in [-0.3, -0.25) is 0 Å². The van der Waals surface area contributed by atoms with Gasteiger partial charge in [-0.1, -0.05) is 17.3 Å². The van der Waals surface area contributed by atoms with Crippen molar-refractivity contribution < 1.29 is 14.4 Å². The maximum absolute atomic E-state index is 10.7. The number of benzene rings is 2. The molecule has 0 atom stereocenters. The molecule has 0 aliphatic rings. The van der Waals surface area contributed by atoms with Crippen molar-refractivity contribution in [2.45, 2.75) is 20.5 Å². The number of fused-ring (bicyclic) bond motifs is 1. The molecule has 0 amide bonds. The second-order valence-corrected chi connectivity index (χ2v) is 5.42. The van der Waals surface area contributed by atoms with Crippen LogP contribution in [0.15, 0.2) is 53.7 Å². The van der Waals surface area contributed by atoms with Crippen LogP contribution >= 0.6 is 0 Å². The van der Waals surface area contributed by atoms with Crippen molar-refractivity contribution in [2.24, 2.45) is 5.16 Å². The van der Waals surface area contributed by atoms with Crippen LogP contribution < -0.4 is 4.74 Å². The van der Waals surface area contributed by atoms with E-state index >= 15 is 0 Å². The van der Waals surface area contributed by atoms with E-state index in [2.05, 4.69) is 20.0 Å². The van der Waals surface area contributed by atoms with E-state index in [1.165, 1.54) is 13.1 Å². The molecule has 0 radical (unpaired) electrons. The fraction of sp³-hybridized carbons (Fsp3) is 0.158. The summed E-state index contributed by atoms with van der Waals surface area (Å²) in [7, 11) is 0. The first-order valence-electron chi connectivity index (χ1n) is 7.78. The van der Waals surface area contributed by atoms with Crippen LogP contribution in [0, 0.1) is 6.92 Å². The molecule has 0 aliphatic heterocycles. The summed E-state index contributed by atoms with van der Waals surface area (Å²) in [6.07, 6.45) is 1.46. The summed E-state index contributed by atoms with van der Waals surface area (Å²) in [6.45, 7) is 3.56. The lowest BCUT2D eigenvalue weighted by Gasteiger charge is -2.09. The number of para-hydroxylation sites is 2. The van der Waals surface area contributed by atoms with E-state index in [0.29, 0.717) is 12.4 Å². The second-order valence-electron chi connectivity index (χ2n) is 5.42. The lowest BCUT2D eigenvalue weighted by molar-refractivity contribution is -0.140. The minimum Gasteiger partial charge on any atom is -0.487 e. The third-order valence-electron chi connectivity index (χ3n) is 3.48. The Kier molecular flexibility index (Phi) is 4.99. The fourth-order valence-corrected chi connectivity index (χ4v) is 2.22. The Morgan fingerprint density at radius 3 is 2.44 bits per heavy atom. The highest BCUT2D eigenvalue weighted by molar-refractivity contribution is 5.80. The Hall–Kier alpha value is -3.28. The van der Waals surface area contributed by atoms with Crippen LogP contribution in [0.5, 0.6) is 5.75 Å². The van der Waals surface area contributed by atoms with Gasteiger partial charge < -0.3 is 9.57 Å². The molecule has 0 saturated heterocycles. The predicted molar refractivity (Wildman–Crippen MR) is 94.4 cm³/mol. The number of nitrogens with zero attached hydrogens (tertiary/aromatic N) is 3. The molecule has 0 fully saturated rings. The van der Waals surface area contributed by atoms with Gasteiger partial charge in [0.15, 0.2) is 0 Å². The van der Waals surface area contributed by atoms with Crippen LogP contribution in [0.4, 0.5) is 0 Å². The summed E-state index contributed by atoms with van der Waals surface area (Å²) in [5.74, 6) is 0.252. The molecular formula is C19H17N3O3. The number of aryl methyl sites for hydroxylation is 1. The van der Waals surface area contributed by atoms with Crippen molar-refractivity contribution in [3.63, 3.8) is 0 Å². The molecule has 0 spiro atoms. The number of carbonyl (C=O) groups excluding carboxylic acids is 1. The zero-order valence-electron chi connectivity index (χ0n) is 14.0. The Balaban J connectivity index is 1.66. The largest absolute Gasteiger partial charge is 0.487 e. The molecule has 0 aliphatic carbocycles. The Bertz CT molecular complexity index is 921.